The van der Waals surface area contributed by atoms with E-state index < -0.39 is 0 Å². The summed E-state index contributed by atoms with van der Waals surface area (Å²) in [5.41, 5.74) is 4.21. The van der Waals surface area contributed by atoms with Crippen LogP contribution in [0.3, 0.4) is 0 Å². The smallest absolute Gasteiger partial charge is 0.0210 e. The van der Waals surface area contributed by atoms with Crippen LogP contribution in [-0.2, 0) is 0 Å². The maximum Gasteiger partial charge on any atom is 0.0210 e. The van der Waals surface area contributed by atoms with Crippen LogP contribution in [0.1, 0.15) is 44.2 Å². The van der Waals surface area contributed by atoms with Gasteiger partial charge in [-0.25, -0.2) is 0 Å². The van der Waals surface area contributed by atoms with Crippen LogP contribution in [-0.4, -0.2) is 0 Å². The van der Waals surface area contributed by atoms with E-state index >= 15 is 0 Å². The highest BCUT2D eigenvalue weighted by Crippen LogP contribution is 2.27. The average Bonchev–Trinajstić information content (AvgIpc) is 2.25. The Labute approximate surface area is 102 Å². The maximum absolute atomic E-state index is 3.58. The lowest BCUT2D eigenvalue weighted by Crippen LogP contribution is -1.89. The molecule has 0 N–H and O–H groups in total. The predicted molar refractivity (Wildman–Crippen MR) is 72.1 cm³/mol. The van der Waals surface area contributed by atoms with Crippen LogP contribution in [0.5, 0.6) is 0 Å². The highest BCUT2D eigenvalue weighted by atomic mass is 79.9. The number of halogens is 1. The first-order chi connectivity index (χ1) is 7.20. The van der Waals surface area contributed by atoms with Crippen molar-refractivity contribution < 1.29 is 0 Å². The van der Waals surface area contributed by atoms with Crippen molar-refractivity contribution in [2.75, 3.05) is 0 Å². The second kappa shape index (κ2) is 6.12. The van der Waals surface area contributed by atoms with Crippen LogP contribution < -0.4 is 0 Å². The van der Waals surface area contributed by atoms with E-state index in [0.29, 0.717) is 0 Å². The molecular formula is C14H19Br. The summed E-state index contributed by atoms with van der Waals surface area (Å²) < 4.78 is 1.20. The van der Waals surface area contributed by atoms with Crippen LogP contribution in [0.25, 0.3) is 5.57 Å². The number of rotatable bonds is 4. The molecule has 0 amide bonds. The van der Waals surface area contributed by atoms with Gasteiger partial charge in [0.2, 0.25) is 0 Å². The Hall–Kier alpha value is -0.560. The van der Waals surface area contributed by atoms with E-state index in [9.17, 15) is 0 Å². The van der Waals surface area contributed by atoms with Gasteiger partial charge >= 0.3 is 0 Å². The molecule has 82 valence electrons. The van der Waals surface area contributed by atoms with Gasteiger partial charge in [0.05, 0.1) is 0 Å². The Morgan fingerprint density at radius 1 is 1.33 bits per heavy atom. The highest BCUT2D eigenvalue weighted by Gasteiger charge is 2.04. The van der Waals surface area contributed by atoms with Crippen molar-refractivity contribution in [3.63, 3.8) is 0 Å². The second-order valence-corrected chi connectivity index (χ2v) is 4.64. The minimum absolute atomic E-state index is 1.11. The lowest BCUT2D eigenvalue weighted by atomic mass is 9.97. The fraction of sp³-hybridized carbons (Fsp3) is 0.429. The zero-order chi connectivity index (χ0) is 11.3. The molecule has 0 aliphatic carbocycles. The Morgan fingerprint density at radius 3 is 2.67 bits per heavy atom. The van der Waals surface area contributed by atoms with Gasteiger partial charge < -0.3 is 0 Å². The summed E-state index contributed by atoms with van der Waals surface area (Å²) in [5, 5.41) is 0. The number of allylic oxidation sites excluding steroid dienone is 2. The van der Waals surface area contributed by atoms with Crippen molar-refractivity contribution in [3.05, 3.63) is 39.9 Å². The van der Waals surface area contributed by atoms with Crippen LogP contribution in [0.15, 0.2) is 28.7 Å². The Morgan fingerprint density at radius 2 is 2.07 bits per heavy atom. The number of hydrogen-bond donors (Lipinski definition) is 0. The molecule has 0 spiro atoms. The molecule has 0 heterocycles. The standard InChI is InChI=1S/C14H19Br/c1-4-6-8-12(5-2)13-9-7-10-14(15)11(13)3/h7-10H,4-6H2,1-3H3/b12-8+. The van der Waals surface area contributed by atoms with Gasteiger partial charge in [-0.1, -0.05) is 54.4 Å². The van der Waals surface area contributed by atoms with E-state index in [4.69, 9.17) is 0 Å². The minimum Gasteiger partial charge on any atom is -0.0807 e. The SMILES string of the molecule is CCC/C=C(\CC)c1cccc(Br)c1C. The zero-order valence-corrected chi connectivity index (χ0v) is 11.4. The average molecular weight is 267 g/mol. The third kappa shape index (κ3) is 3.20. The van der Waals surface area contributed by atoms with Gasteiger partial charge in [-0.15, -0.1) is 0 Å². The van der Waals surface area contributed by atoms with E-state index in [-0.39, 0.29) is 0 Å². The van der Waals surface area contributed by atoms with Gasteiger partial charge in [0.25, 0.3) is 0 Å². The third-order valence-corrected chi connectivity index (χ3v) is 3.53. The molecule has 1 rings (SSSR count). The van der Waals surface area contributed by atoms with Gasteiger partial charge in [-0.05, 0) is 42.5 Å². The van der Waals surface area contributed by atoms with Gasteiger partial charge in [0, 0.05) is 4.47 Å². The predicted octanol–water partition coefficient (Wildman–Crippen LogP) is 5.35. The van der Waals surface area contributed by atoms with E-state index in [1.807, 2.05) is 0 Å². The normalized spacial score (nSPS) is 11.9. The Bertz CT molecular complexity index is 350. The van der Waals surface area contributed by atoms with Gasteiger partial charge in [0.1, 0.15) is 0 Å². The molecule has 1 aromatic carbocycles. The van der Waals surface area contributed by atoms with E-state index in [1.165, 1.54) is 34.0 Å². The fourth-order valence-corrected chi connectivity index (χ4v) is 2.08. The second-order valence-electron chi connectivity index (χ2n) is 3.78. The summed E-state index contributed by atoms with van der Waals surface area (Å²) in [4.78, 5) is 0. The van der Waals surface area contributed by atoms with Gasteiger partial charge in [-0.2, -0.15) is 0 Å². The molecule has 0 radical (unpaired) electrons. The van der Waals surface area contributed by atoms with Crippen LogP contribution in [0.4, 0.5) is 0 Å². The summed E-state index contributed by atoms with van der Waals surface area (Å²) in [6, 6.07) is 6.43. The van der Waals surface area contributed by atoms with E-state index in [2.05, 4.69) is 61.0 Å². The fourth-order valence-electron chi connectivity index (χ4n) is 1.72. The minimum atomic E-state index is 1.11. The summed E-state index contributed by atoms with van der Waals surface area (Å²) >= 11 is 3.58. The molecule has 0 nitrogen and oxygen atoms in total. The molecule has 0 saturated heterocycles. The Kier molecular flexibility index (Phi) is 5.10. The topological polar surface area (TPSA) is 0 Å². The van der Waals surface area contributed by atoms with Crippen molar-refractivity contribution in [1.82, 2.24) is 0 Å². The Balaban J connectivity index is 3.07. The molecule has 0 saturated carbocycles. The van der Waals surface area contributed by atoms with Crippen molar-refractivity contribution in [3.8, 4) is 0 Å². The van der Waals surface area contributed by atoms with E-state index in [1.54, 1.807) is 0 Å². The molecule has 15 heavy (non-hydrogen) atoms. The first-order valence-corrected chi connectivity index (χ1v) is 6.44. The molecule has 0 fully saturated rings. The molecule has 0 atom stereocenters. The van der Waals surface area contributed by atoms with Crippen molar-refractivity contribution in [2.45, 2.75) is 40.0 Å². The lowest BCUT2D eigenvalue weighted by molar-refractivity contribution is 0.955. The molecular weight excluding hydrogens is 248 g/mol. The lowest BCUT2D eigenvalue weighted by Gasteiger charge is -2.10. The quantitative estimate of drug-likeness (QED) is 0.689. The number of hydrogen-bond acceptors (Lipinski definition) is 0. The number of unbranched alkanes of at least 4 members (excludes halogenated alkanes) is 1. The molecule has 0 unspecified atom stereocenters. The largest absolute Gasteiger partial charge is 0.0807 e. The zero-order valence-electron chi connectivity index (χ0n) is 9.81. The first kappa shape index (κ1) is 12.5. The van der Waals surface area contributed by atoms with Crippen LogP contribution >= 0.6 is 15.9 Å². The molecule has 0 aromatic heterocycles. The molecule has 1 aromatic rings. The van der Waals surface area contributed by atoms with E-state index in [0.717, 1.165) is 6.42 Å². The summed E-state index contributed by atoms with van der Waals surface area (Å²) in [6.07, 6.45) is 5.87. The molecule has 0 bridgehead atoms. The van der Waals surface area contributed by atoms with Gasteiger partial charge in [0.15, 0.2) is 0 Å². The first-order valence-electron chi connectivity index (χ1n) is 5.65. The maximum atomic E-state index is 3.58. The molecule has 0 aliphatic heterocycles. The van der Waals surface area contributed by atoms with Gasteiger partial charge in [-0.3, -0.25) is 0 Å². The van der Waals surface area contributed by atoms with Crippen molar-refractivity contribution >= 4 is 21.5 Å². The van der Waals surface area contributed by atoms with Crippen molar-refractivity contribution in [2.24, 2.45) is 0 Å². The molecule has 1 heteroatoms. The third-order valence-electron chi connectivity index (χ3n) is 2.67. The van der Waals surface area contributed by atoms with Crippen LogP contribution in [0, 0.1) is 6.92 Å². The monoisotopic (exact) mass is 266 g/mol. The molecule has 0 aliphatic rings. The van der Waals surface area contributed by atoms with Crippen molar-refractivity contribution in [1.29, 1.82) is 0 Å². The summed E-state index contributed by atoms with van der Waals surface area (Å²) in [6.45, 7) is 6.62. The van der Waals surface area contributed by atoms with Crippen LogP contribution in [0.2, 0.25) is 0 Å². The summed E-state index contributed by atoms with van der Waals surface area (Å²) in [7, 11) is 0. The number of benzene rings is 1. The highest BCUT2D eigenvalue weighted by molar-refractivity contribution is 9.10. The summed E-state index contributed by atoms with van der Waals surface area (Å²) in [5.74, 6) is 0.